The molecule has 0 aliphatic carbocycles. The number of carbonyl (C=O) groups excluding carboxylic acids is 3. The maximum Gasteiger partial charge on any atom is 0.243 e. The summed E-state index contributed by atoms with van der Waals surface area (Å²) in [4.78, 5) is 47.4. The fourth-order valence-corrected chi connectivity index (χ4v) is 6.33. The molecule has 5 rings (SSSR count). The lowest BCUT2D eigenvalue weighted by Crippen LogP contribution is -2.55. The molecular weight excluding hydrogens is 548 g/mol. The van der Waals surface area contributed by atoms with Gasteiger partial charge in [-0.25, -0.2) is 4.98 Å². The van der Waals surface area contributed by atoms with Gasteiger partial charge >= 0.3 is 0 Å². The van der Waals surface area contributed by atoms with Crippen LogP contribution in [-0.2, 0) is 22.4 Å². The number of likely N-dealkylation sites (tertiary alicyclic amines) is 1. The highest BCUT2D eigenvalue weighted by atomic mass is 32.1. The molecule has 2 heterocycles. The zero-order valence-corrected chi connectivity index (χ0v) is 24.2. The lowest BCUT2D eigenvalue weighted by Gasteiger charge is -2.29. The molecule has 2 unspecified atom stereocenters. The zero-order chi connectivity index (χ0) is 29.6. The van der Waals surface area contributed by atoms with Crippen LogP contribution in [0.15, 0.2) is 78.9 Å². The van der Waals surface area contributed by atoms with Gasteiger partial charge in [0.15, 0.2) is 5.01 Å². The average Bonchev–Trinajstić information content (AvgIpc) is 3.67. The van der Waals surface area contributed by atoms with Crippen molar-refractivity contribution in [2.45, 2.75) is 43.8 Å². The van der Waals surface area contributed by atoms with Gasteiger partial charge in [-0.05, 0) is 55.6 Å². The SMILES string of the molecule is CNC(Cc1ccccc1)C(=O)N1CCC[C@H]1C(=O)NC(Cc1cccc(C(=N)N)c1)C(=O)c1nc2ccccc2s1. The molecule has 1 aliphatic heterocycles. The minimum Gasteiger partial charge on any atom is -0.384 e. The summed E-state index contributed by atoms with van der Waals surface area (Å²) < 4.78 is 0.883. The largest absolute Gasteiger partial charge is 0.384 e. The molecule has 0 spiro atoms. The van der Waals surface area contributed by atoms with Crippen LogP contribution in [0.25, 0.3) is 10.2 Å². The molecule has 2 amide bonds. The molecule has 0 saturated carbocycles. The molecule has 5 N–H and O–H groups in total. The number of benzene rings is 3. The van der Waals surface area contributed by atoms with Crippen LogP contribution in [0.1, 0.15) is 39.3 Å². The Morgan fingerprint density at radius 1 is 1.00 bits per heavy atom. The molecule has 9 nitrogen and oxygen atoms in total. The van der Waals surface area contributed by atoms with Crippen molar-refractivity contribution in [1.29, 1.82) is 5.41 Å². The van der Waals surface area contributed by atoms with Gasteiger partial charge in [0.1, 0.15) is 11.9 Å². The highest BCUT2D eigenvalue weighted by molar-refractivity contribution is 7.20. The highest BCUT2D eigenvalue weighted by Crippen LogP contribution is 2.25. The number of ketones is 1. The maximum absolute atomic E-state index is 13.8. The van der Waals surface area contributed by atoms with Crippen LogP contribution in [0.2, 0.25) is 0 Å². The Labute approximate surface area is 248 Å². The van der Waals surface area contributed by atoms with Crippen molar-refractivity contribution < 1.29 is 14.4 Å². The van der Waals surface area contributed by atoms with E-state index in [1.54, 1.807) is 30.1 Å². The fourth-order valence-electron chi connectivity index (χ4n) is 5.37. The molecule has 10 heteroatoms. The third-order valence-electron chi connectivity index (χ3n) is 7.58. The molecular formula is C32H34N6O3S. The van der Waals surface area contributed by atoms with E-state index in [4.69, 9.17) is 11.1 Å². The molecule has 1 fully saturated rings. The Balaban J connectivity index is 1.37. The highest BCUT2D eigenvalue weighted by Gasteiger charge is 2.38. The van der Waals surface area contributed by atoms with Gasteiger partial charge in [-0.3, -0.25) is 19.8 Å². The number of hydrogen-bond acceptors (Lipinski definition) is 7. The van der Waals surface area contributed by atoms with Crippen molar-refractivity contribution in [1.82, 2.24) is 20.5 Å². The third-order valence-corrected chi connectivity index (χ3v) is 8.63. The molecule has 0 radical (unpaired) electrons. The summed E-state index contributed by atoms with van der Waals surface area (Å²) in [6.45, 7) is 0.473. The predicted octanol–water partition coefficient (Wildman–Crippen LogP) is 3.31. The number of amides is 2. The van der Waals surface area contributed by atoms with Gasteiger partial charge in [0.2, 0.25) is 17.6 Å². The van der Waals surface area contributed by atoms with Crippen molar-refractivity contribution in [3.63, 3.8) is 0 Å². The van der Waals surface area contributed by atoms with Crippen molar-refractivity contribution >= 4 is 45.0 Å². The van der Waals surface area contributed by atoms with E-state index in [9.17, 15) is 14.4 Å². The number of thiazole rings is 1. The summed E-state index contributed by atoms with van der Waals surface area (Å²) in [5.41, 5.74) is 8.73. The van der Waals surface area contributed by atoms with Gasteiger partial charge in [0, 0.05) is 18.5 Å². The first-order valence-corrected chi connectivity index (χ1v) is 14.8. The molecule has 3 atom stereocenters. The number of hydrogen-bond donors (Lipinski definition) is 4. The predicted molar refractivity (Wildman–Crippen MR) is 165 cm³/mol. The van der Waals surface area contributed by atoms with Crippen LogP contribution in [0.5, 0.6) is 0 Å². The van der Waals surface area contributed by atoms with Crippen LogP contribution in [0.4, 0.5) is 0 Å². The number of fused-ring (bicyclic) bond motifs is 1. The van der Waals surface area contributed by atoms with Gasteiger partial charge < -0.3 is 21.3 Å². The number of nitrogens with one attached hydrogen (secondary N) is 3. The van der Waals surface area contributed by atoms with E-state index >= 15 is 0 Å². The van der Waals surface area contributed by atoms with Crippen molar-refractivity contribution in [3.8, 4) is 0 Å². The normalized spacial score (nSPS) is 16.2. The van der Waals surface area contributed by atoms with E-state index in [2.05, 4.69) is 15.6 Å². The lowest BCUT2D eigenvalue weighted by atomic mass is 9.99. The lowest BCUT2D eigenvalue weighted by molar-refractivity contribution is -0.140. The van der Waals surface area contributed by atoms with Crippen LogP contribution in [-0.4, -0.2) is 65.0 Å². The summed E-state index contributed by atoms with van der Waals surface area (Å²) in [6.07, 6.45) is 1.91. The van der Waals surface area contributed by atoms with E-state index in [1.807, 2.05) is 60.7 Å². The standard InChI is InChI=1S/C32H34N6O3S/c1-35-25(18-20-9-3-2-4-10-20)32(41)38-16-8-14-26(38)30(40)36-24(19-21-11-7-12-22(17-21)29(33)34)28(39)31-37-23-13-5-6-15-27(23)42-31/h2-7,9-13,15,17,24-26,35H,8,14,16,18-19H2,1H3,(H3,33,34)(H,36,40)/t24?,25?,26-/m0/s1. The number of nitrogens with two attached hydrogens (primary N) is 1. The smallest absolute Gasteiger partial charge is 0.243 e. The van der Waals surface area contributed by atoms with Crippen LogP contribution in [0.3, 0.4) is 0 Å². The Morgan fingerprint density at radius 2 is 1.71 bits per heavy atom. The Kier molecular flexibility index (Phi) is 9.04. The van der Waals surface area contributed by atoms with Gasteiger partial charge in [0.05, 0.1) is 22.3 Å². The number of rotatable bonds is 11. The van der Waals surface area contributed by atoms with Crippen molar-refractivity contribution in [2.75, 3.05) is 13.6 Å². The molecule has 0 bridgehead atoms. The molecule has 3 aromatic carbocycles. The van der Waals surface area contributed by atoms with E-state index in [0.717, 1.165) is 21.3 Å². The Bertz CT molecular complexity index is 1570. The van der Waals surface area contributed by atoms with E-state index in [0.29, 0.717) is 36.4 Å². The van der Waals surface area contributed by atoms with E-state index < -0.39 is 18.1 Å². The van der Waals surface area contributed by atoms with Gasteiger partial charge in [-0.15, -0.1) is 11.3 Å². The number of aromatic nitrogens is 1. The van der Waals surface area contributed by atoms with E-state index in [1.165, 1.54) is 11.3 Å². The minimum atomic E-state index is -0.915. The second-order valence-electron chi connectivity index (χ2n) is 10.5. The first kappa shape index (κ1) is 29.1. The minimum absolute atomic E-state index is 0.0790. The summed E-state index contributed by atoms with van der Waals surface area (Å²) in [5, 5.41) is 14.2. The zero-order valence-electron chi connectivity index (χ0n) is 23.4. The second kappa shape index (κ2) is 13.1. The first-order valence-electron chi connectivity index (χ1n) is 14.0. The van der Waals surface area contributed by atoms with Crippen molar-refractivity contribution in [3.05, 3.63) is 101 Å². The number of nitrogen functional groups attached to an aromatic ring is 1. The number of carbonyl (C=O) groups is 3. The van der Waals surface area contributed by atoms with Gasteiger partial charge in [0.25, 0.3) is 0 Å². The topological polar surface area (TPSA) is 141 Å². The number of nitrogens with zero attached hydrogens (tertiary/aromatic N) is 2. The summed E-state index contributed by atoms with van der Waals surface area (Å²) in [7, 11) is 1.75. The van der Waals surface area contributed by atoms with Gasteiger partial charge in [-0.1, -0.05) is 60.7 Å². The van der Waals surface area contributed by atoms with Crippen molar-refractivity contribution in [2.24, 2.45) is 5.73 Å². The van der Waals surface area contributed by atoms with Crippen LogP contribution < -0.4 is 16.4 Å². The number of Topliss-reactive ketones (excluding diaryl/α,β-unsaturated/α-hetero) is 1. The summed E-state index contributed by atoms with van der Waals surface area (Å²) >= 11 is 1.29. The summed E-state index contributed by atoms with van der Waals surface area (Å²) in [6, 6.07) is 22.3. The Morgan fingerprint density at radius 3 is 2.45 bits per heavy atom. The maximum atomic E-state index is 13.8. The number of likely N-dealkylation sites (N-methyl/N-ethyl adjacent to an activating group) is 1. The van der Waals surface area contributed by atoms with Crippen LogP contribution in [0, 0.1) is 5.41 Å². The molecule has 216 valence electrons. The molecule has 42 heavy (non-hydrogen) atoms. The number of amidine groups is 1. The monoisotopic (exact) mass is 582 g/mol. The average molecular weight is 583 g/mol. The number of para-hydroxylation sites is 1. The quantitative estimate of drug-likeness (QED) is 0.122. The Hall–Kier alpha value is -4.41. The summed E-state index contributed by atoms with van der Waals surface area (Å²) in [5.74, 6) is -0.879. The second-order valence-corrected chi connectivity index (χ2v) is 11.5. The van der Waals surface area contributed by atoms with Crippen LogP contribution >= 0.6 is 11.3 Å². The molecule has 4 aromatic rings. The fraction of sp³-hybridized carbons (Fsp3) is 0.281. The molecule has 1 aromatic heterocycles. The first-order chi connectivity index (χ1) is 20.3. The van der Waals surface area contributed by atoms with E-state index in [-0.39, 0.29) is 29.9 Å². The molecule has 1 aliphatic rings. The third kappa shape index (κ3) is 6.56. The molecule has 1 saturated heterocycles. The van der Waals surface area contributed by atoms with Gasteiger partial charge in [-0.2, -0.15) is 0 Å².